The second-order valence-electron chi connectivity index (χ2n) is 11.9. The van der Waals surface area contributed by atoms with Gasteiger partial charge in [0.2, 0.25) is 5.95 Å². The standard InChI is InChI=1S/C33H41N7/c1-22-12-14-39(15-13-22)21-26-10-11-29-32(17-26)40-20-23(2)8-6-7-9-31-28(19-34-38(31)5)30-18-27(16-24(3)35-30)25(4)36-33(40)37-29/h10-11,16-19,23H,1,4,6-9,12-15,20-21H2,2-3,5H3,(H,36,37)/t23-/m1/s1. The molecule has 1 aromatic carbocycles. The van der Waals surface area contributed by atoms with Gasteiger partial charge in [-0.25, -0.2) is 4.98 Å². The first-order valence-corrected chi connectivity index (χ1v) is 14.7. The predicted molar refractivity (Wildman–Crippen MR) is 164 cm³/mol. The second kappa shape index (κ2) is 11.0. The van der Waals surface area contributed by atoms with Gasteiger partial charge in [-0.3, -0.25) is 14.6 Å². The fourth-order valence-corrected chi connectivity index (χ4v) is 6.18. The molecule has 0 spiro atoms. The number of piperidine rings is 1. The van der Waals surface area contributed by atoms with Crippen molar-refractivity contribution in [1.29, 1.82) is 0 Å². The Balaban J connectivity index is 1.37. The first-order chi connectivity index (χ1) is 19.3. The first-order valence-electron chi connectivity index (χ1n) is 14.7. The molecular formula is C33H41N7. The lowest BCUT2D eigenvalue weighted by Crippen LogP contribution is -2.29. The molecule has 1 atom stereocenters. The normalized spacial score (nSPS) is 19.0. The molecule has 7 heteroatoms. The van der Waals surface area contributed by atoms with Gasteiger partial charge in [0.05, 0.1) is 22.9 Å². The summed E-state index contributed by atoms with van der Waals surface area (Å²) in [7, 11) is 2.03. The van der Waals surface area contributed by atoms with Gasteiger partial charge < -0.3 is 9.88 Å². The van der Waals surface area contributed by atoms with Crippen molar-refractivity contribution in [3.8, 4) is 11.3 Å². The zero-order valence-corrected chi connectivity index (χ0v) is 24.2. The molecule has 208 valence electrons. The molecule has 0 amide bonds. The van der Waals surface area contributed by atoms with Crippen LogP contribution in [0.1, 0.15) is 61.5 Å². The first kappa shape index (κ1) is 26.5. The van der Waals surface area contributed by atoms with Gasteiger partial charge in [0.1, 0.15) is 0 Å². The van der Waals surface area contributed by atoms with Crippen LogP contribution in [0.15, 0.2) is 55.3 Å². The number of anilines is 1. The number of benzene rings is 1. The van der Waals surface area contributed by atoms with E-state index in [4.69, 9.17) is 9.97 Å². The number of pyridine rings is 1. The van der Waals surface area contributed by atoms with Crippen LogP contribution in [0.3, 0.4) is 0 Å². The van der Waals surface area contributed by atoms with Crippen molar-refractivity contribution >= 4 is 22.7 Å². The molecule has 6 rings (SSSR count). The van der Waals surface area contributed by atoms with Crippen LogP contribution in [-0.4, -0.2) is 42.3 Å². The van der Waals surface area contributed by atoms with E-state index in [1.54, 1.807) is 0 Å². The molecule has 0 saturated carbocycles. The fourth-order valence-electron chi connectivity index (χ4n) is 6.18. The highest BCUT2D eigenvalue weighted by Crippen LogP contribution is 2.30. The highest BCUT2D eigenvalue weighted by molar-refractivity contribution is 5.83. The molecule has 3 aromatic heterocycles. The molecular weight excluding hydrogens is 494 g/mol. The molecule has 2 bridgehead atoms. The Labute approximate surface area is 237 Å². The van der Waals surface area contributed by atoms with Crippen LogP contribution in [0.25, 0.3) is 28.0 Å². The Morgan fingerprint density at radius 2 is 1.85 bits per heavy atom. The number of nitrogens with one attached hydrogen (secondary N) is 1. The maximum atomic E-state index is 5.06. The van der Waals surface area contributed by atoms with Crippen molar-refractivity contribution in [2.75, 3.05) is 18.4 Å². The summed E-state index contributed by atoms with van der Waals surface area (Å²) in [4.78, 5) is 12.5. The molecule has 1 fully saturated rings. The van der Waals surface area contributed by atoms with Crippen LogP contribution in [-0.2, 0) is 26.6 Å². The highest BCUT2D eigenvalue weighted by Gasteiger charge is 2.19. The number of fused-ring (bicyclic) bond motifs is 7. The number of aryl methyl sites for hydroxylation is 2. The lowest BCUT2D eigenvalue weighted by Gasteiger charge is -2.27. The van der Waals surface area contributed by atoms with E-state index >= 15 is 0 Å². The Bertz CT molecular complexity index is 1560. The van der Waals surface area contributed by atoms with Crippen LogP contribution in [0.4, 0.5) is 5.95 Å². The van der Waals surface area contributed by atoms with Crippen LogP contribution in [0.5, 0.6) is 0 Å². The lowest BCUT2D eigenvalue weighted by atomic mass is 10.0. The minimum absolute atomic E-state index is 0.518. The van der Waals surface area contributed by atoms with Crippen molar-refractivity contribution < 1.29 is 0 Å². The topological polar surface area (TPSA) is 63.8 Å². The molecule has 0 unspecified atom stereocenters. The van der Waals surface area contributed by atoms with Crippen molar-refractivity contribution in [2.24, 2.45) is 13.0 Å². The van der Waals surface area contributed by atoms with Crippen molar-refractivity contribution in [2.45, 2.75) is 65.5 Å². The summed E-state index contributed by atoms with van der Waals surface area (Å²) in [5.41, 5.74) is 11.0. The highest BCUT2D eigenvalue weighted by atomic mass is 15.3. The van der Waals surface area contributed by atoms with E-state index in [9.17, 15) is 0 Å². The number of hydrogen-bond donors (Lipinski definition) is 1. The van der Waals surface area contributed by atoms with Gasteiger partial charge in [0.25, 0.3) is 0 Å². The summed E-state index contributed by atoms with van der Waals surface area (Å²) in [5, 5.41) is 8.18. The summed E-state index contributed by atoms with van der Waals surface area (Å²) < 4.78 is 4.38. The van der Waals surface area contributed by atoms with Crippen LogP contribution >= 0.6 is 0 Å². The van der Waals surface area contributed by atoms with Gasteiger partial charge in [0, 0.05) is 61.4 Å². The maximum absolute atomic E-state index is 5.06. The van der Waals surface area contributed by atoms with Gasteiger partial charge >= 0.3 is 0 Å². The molecule has 0 radical (unpaired) electrons. The Morgan fingerprint density at radius 1 is 1.02 bits per heavy atom. The Kier molecular flexibility index (Phi) is 7.32. The lowest BCUT2D eigenvalue weighted by molar-refractivity contribution is 0.248. The van der Waals surface area contributed by atoms with Gasteiger partial charge in [-0.2, -0.15) is 5.10 Å². The quantitative estimate of drug-likeness (QED) is 0.288. The monoisotopic (exact) mass is 535 g/mol. The van der Waals surface area contributed by atoms with E-state index in [1.807, 2.05) is 24.9 Å². The summed E-state index contributed by atoms with van der Waals surface area (Å²) >= 11 is 0. The number of likely N-dealkylation sites (tertiary alicyclic amines) is 1. The molecule has 2 aliphatic rings. The van der Waals surface area contributed by atoms with Gasteiger partial charge in [0.15, 0.2) is 0 Å². The molecule has 1 N–H and O–H groups in total. The number of rotatable bonds is 2. The van der Waals surface area contributed by atoms with Gasteiger partial charge in [-0.1, -0.05) is 38.1 Å². The average molecular weight is 536 g/mol. The summed E-state index contributed by atoms with van der Waals surface area (Å²) in [5.74, 6) is 1.37. The predicted octanol–water partition coefficient (Wildman–Crippen LogP) is 6.74. The van der Waals surface area contributed by atoms with Crippen molar-refractivity contribution in [3.05, 3.63) is 77.8 Å². The summed E-state index contributed by atoms with van der Waals surface area (Å²) in [6.07, 6.45) is 8.62. The van der Waals surface area contributed by atoms with Gasteiger partial charge in [-0.05, 0) is 74.8 Å². The largest absolute Gasteiger partial charge is 0.326 e. The molecule has 7 nitrogen and oxygen atoms in total. The maximum Gasteiger partial charge on any atom is 0.208 e. The van der Waals surface area contributed by atoms with E-state index in [0.29, 0.717) is 5.92 Å². The molecule has 4 aromatic rings. The average Bonchev–Trinajstić information content (AvgIpc) is 3.46. The zero-order valence-electron chi connectivity index (χ0n) is 24.2. The third-order valence-corrected chi connectivity index (χ3v) is 8.54. The van der Waals surface area contributed by atoms with E-state index in [1.165, 1.54) is 28.8 Å². The minimum Gasteiger partial charge on any atom is -0.326 e. The third-order valence-electron chi connectivity index (χ3n) is 8.54. The SMILES string of the molecule is C=C1CCN(Cc2ccc3nc4n(c3c2)C[C@H](C)CCCCc2c(cnn2C)-c2cc(cc(C)n2)C(=C)N4)CC1. The third kappa shape index (κ3) is 5.48. The molecule has 5 heterocycles. The van der Waals surface area contributed by atoms with Crippen molar-refractivity contribution in [3.63, 3.8) is 0 Å². The summed E-state index contributed by atoms with van der Waals surface area (Å²) in [6, 6.07) is 11.0. The Hall–Kier alpha value is -3.71. The zero-order chi connectivity index (χ0) is 27.8. The minimum atomic E-state index is 0.518. The van der Waals surface area contributed by atoms with E-state index in [-0.39, 0.29) is 0 Å². The van der Waals surface area contributed by atoms with Crippen LogP contribution in [0.2, 0.25) is 0 Å². The van der Waals surface area contributed by atoms with Crippen LogP contribution < -0.4 is 5.32 Å². The fraction of sp³-hybridized carbons (Fsp3) is 0.424. The molecule has 40 heavy (non-hydrogen) atoms. The Morgan fingerprint density at radius 3 is 2.67 bits per heavy atom. The molecule has 2 aliphatic heterocycles. The number of nitrogens with zero attached hydrogens (tertiary/aromatic N) is 6. The number of hydrogen-bond acceptors (Lipinski definition) is 5. The van der Waals surface area contributed by atoms with E-state index in [2.05, 4.69) is 70.3 Å². The van der Waals surface area contributed by atoms with E-state index in [0.717, 1.165) is 98.0 Å². The molecule has 0 aliphatic carbocycles. The summed E-state index contributed by atoms with van der Waals surface area (Å²) in [6.45, 7) is 17.1. The second-order valence-corrected chi connectivity index (χ2v) is 11.9. The van der Waals surface area contributed by atoms with Crippen molar-refractivity contribution in [1.82, 2.24) is 29.2 Å². The smallest absolute Gasteiger partial charge is 0.208 e. The number of imidazole rings is 1. The van der Waals surface area contributed by atoms with Gasteiger partial charge in [-0.15, -0.1) is 0 Å². The number of aromatic nitrogens is 5. The molecule has 1 saturated heterocycles. The van der Waals surface area contributed by atoms with E-state index < -0.39 is 0 Å². The van der Waals surface area contributed by atoms with Crippen LogP contribution in [0, 0.1) is 12.8 Å².